The summed E-state index contributed by atoms with van der Waals surface area (Å²) < 4.78 is 0. The topological polar surface area (TPSA) is 19.0 Å². The minimum absolute atomic E-state index is 0.793. The SMILES string of the molecule is CN(CCc1c[nH]c2ccc(Cl)cc12)Cc1ccccc1. The van der Waals surface area contributed by atoms with Gasteiger partial charge in [-0.1, -0.05) is 41.9 Å². The molecular formula is C18H19ClN2. The molecule has 21 heavy (non-hydrogen) atoms. The molecule has 0 spiro atoms. The van der Waals surface area contributed by atoms with Crippen molar-refractivity contribution in [2.75, 3.05) is 13.6 Å². The van der Waals surface area contributed by atoms with E-state index in [0.717, 1.165) is 30.0 Å². The lowest BCUT2D eigenvalue weighted by molar-refractivity contribution is 0.331. The van der Waals surface area contributed by atoms with Gasteiger partial charge in [0.05, 0.1) is 0 Å². The first-order valence-corrected chi connectivity index (χ1v) is 7.58. The van der Waals surface area contributed by atoms with E-state index in [4.69, 9.17) is 11.6 Å². The fraction of sp³-hybridized carbons (Fsp3) is 0.222. The standard InChI is InChI=1S/C18H19ClN2/c1-21(13-14-5-3-2-4-6-14)10-9-15-12-20-18-8-7-16(19)11-17(15)18/h2-8,11-12,20H,9-10,13H2,1H3. The molecule has 0 unspecified atom stereocenters. The van der Waals surface area contributed by atoms with Gasteiger partial charge in [-0.25, -0.2) is 0 Å². The van der Waals surface area contributed by atoms with E-state index in [0.29, 0.717) is 0 Å². The summed E-state index contributed by atoms with van der Waals surface area (Å²) in [7, 11) is 2.16. The summed E-state index contributed by atoms with van der Waals surface area (Å²) in [5.41, 5.74) is 3.83. The van der Waals surface area contributed by atoms with Crippen LogP contribution in [0.5, 0.6) is 0 Å². The van der Waals surface area contributed by atoms with E-state index >= 15 is 0 Å². The van der Waals surface area contributed by atoms with E-state index in [2.05, 4.69) is 53.5 Å². The van der Waals surface area contributed by atoms with E-state index in [1.54, 1.807) is 0 Å². The summed E-state index contributed by atoms with van der Waals surface area (Å²) in [6.45, 7) is 2.00. The third-order valence-corrected chi connectivity index (χ3v) is 4.02. The molecule has 0 radical (unpaired) electrons. The van der Waals surface area contributed by atoms with Crippen molar-refractivity contribution >= 4 is 22.5 Å². The molecule has 0 bridgehead atoms. The Morgan fingerprint density at radius 2 is 1.90 bits per heavy atom. The summed E-state index contributed by atoms with van der Waals surface area (Å²) >= 11 is 6.09. The predicted octanol–water partition coefficient (Wildman–Crippen LogP) is 4.50. The summed E-state index contributed by atoms with van der Waals surface area (Å²) in [6.07, 6.45) is 3.11. The van der Waals surface area contributed by atoms with Crippen LogP contribution in [0.1, 0.15) is 11.1 Å². The summed E-state index contributed by atoms with van der Waals surface area (Å²) in [5, 5.41) is 2.02. The Labute approximate surface area is 130 Å². The van der Waals surface area contributed by atoms with Crippen LogP contribution < -0.4 is 0 Å². The van der Waals surface area contributed by atoms with Gasteiger partial charge in [0, 0.05) is 35.2 Å². The number of fused-ring (bicyclic) bond motifs is 1. The molecule has 1 N–H and O–H groups in total. The molecule has 3 rings (SSSR count). The van der Waals surface area contributed by atoms with Crippen molar-refractivity contribution < 1.29 is 0 Å². The summed E-state index contributed by atoms with van der Waals surface area (Å²) in [6, 6.07) is 16.6. The van der Waals surface area contributed by atoms with Crippen molar-refractivity contribution in [1.29, 1.82) is 0 Å². The monoisotopic (exact) mass is 298 g/mol. The summed E-state index contributed by atoms with van der Waals surface area (Å²) in [4.78, 5) is 5.66. The van der Waals surface area contributed by atoms with Crippen molar-refractivity contribution in [2.45, 2.75) is 13.0 Å². The molecule has 3 aromatic rings. The van der Waals surface area contributed by atoms with Gasteiger partial charge in [-0.2, -0.15) is 0 Å². The molecule has 0 aliphatic heterocycles. The van der Waals surface area contributed by atoms with Crippen LogP contribution in [-0.2, 0) is 13.0 Å². The van der Waals surface area contributed by atoms with E-state index in [9.17, 15) is 0 Å². The molecule has 0 aliphatic carbocycles. The normalized spacial score (nSPS) is 11.4. The molecule has 2 nitrogen and oxygen atoms in total. The lowest BCUT2D eigenvalue weighted by Crippen LogP contribution is -2.20. The van der Waals surface area contributed by atoms with Crippen molar-refractivity contribution in [2.24, 2.45) is 0 Å². The van der Waals surface area contributed by atoms with Gasteiger partial charge in [0.1, 0.15) is 0 Å². The second kappa shape index (κ2) is 6.33. The van der Waals surface area contributed by atoms with Gasteiger partial charge in [0.2, 0.25) is 0 Å². The van der Waals surface area contributed by atoms with Gasteiger partial charge in [-0.05, 0) is 42.8 Å². The first-order chi connectivity index (χ1) is 10.2. The number of nitrogens with one attached hydrogen (secondary N) is 1. The van der Waals surface area contributed by atoms with Crippen LogP contribution in [0.3, 0.4) is 0 Å². The number of rotatable bonds is 5. The van der Waals surface area contributed by atoms with Crippen molar-refractivity contribution in [3.8, 4) is 0 Å². The van der Waals surface area contributed by atoms with Crippen molar-refractivity contribution in [3.05, 3.63) is 70.9 Å². The van der Waals surface area contributed by atoms with Crippen LogP contribution in [-0.4, -0.2) is 23.5 Å². The van der Waals surface area contributed by atoms with Gasteiger partial charge in [-0.3, -0.25) is 0 Å². The maximum absolute atomic E-state index is 6.09. The zero-order valence-electron chi connectivity index (χ0n) is 12.1. The fourth-order valence-corrected chi connectivity index (χ4v) is 2.82. The summed E-state index contributed by atoms with van der Waals surface area (Å²) in [5.74, 6) is 0. The number of H-pyrrole nitrogens is 1. The van der Waals surface area contributed by atoms with Gasteiger partial charge in [0.25, 0.3) is 0 Å². The highest BCUT2D eigenvalue weighted by Gasteiger charge is 2.06. The van der Waals surface area contributed by atoms with Crippen LogP contribution in [0.25, 0.3) is 10.9 Å². The van der Waals surface area contributed by atoms with Crippen molar-refractivity contribution in [3.63, 3.8) is 0 Å². The van der Waals surface area contributed by atoms with Crippen LogP contribution >= 0.6 is 11.6 Å². The molecule has 1 aromatic heterocycles. The minimum atomic E-state index is 0.793. The van der Waals surface area contributed by atoms with Gasteiger partial charge in [-0.15, -0.1) is 0 Å². The lowest BCUT2D eigenvalue weighted by Gasteiger charge is -2.16. The lowest BCUT2D eigenvalue weighted by atomic mass is 10.1. The smallest absolute Gasteiger partial charge is 0.0457 e. The number of hydrogen-bond donors (Lipinski definition) is 1. The van der Waals surface area contributed by atoms with E-state index in [1.807, 2.05) is 18.2 Å². The molecule has 3 heteroatoms. The van der Waals surface area contributed by atoms with Crippen LogP contribution in [0, 0.1) is 0 Å². The Morgan fingerprint density at radius 3 is 2.71 bits per heavy atom. The van der Waals surface area contributed by atoms with E-state index < -0.39 is 0 Å². The molecule has 0 atom stereocenters. The number of aromatic nitrogens is 1. The fourth-order valence-electron chi connectivity index (χ4n) is 2.64. The number of nitrogens with zero attached hydrogens (tertiary/aromatic N) is 1. The Bertz CT molecular complexity index is 718. The molecule has 0 amide bonds. The zero-order valence-corrected chi connectivity index (χ0v) is 12.9. The third kappa shape index (κ3) is 3.46. The van der Waals surface area contributed by atoms with Crippen LogP contribution in [0.2, 0.25) is 5.02 Å². The maximum Gasteiger partial charge on any atom is 0.0457 e. The van der Waals surface area contributed by atoms with Crippen LogP contribution in [0.15, 0.2) is 54.7 Å². The molecular weight excluding hydrogens is 280 g/mol. The Morgan fingerprint density at radius 1 is 1.10 bits per heavy atom. The molecule has 1 heterocycles. The Balaban J connectivity index is 1.65. The highest BCUT2D eigenvalue weighted by atomic mass is 35.5. The second-order valence-electron chi connectivity index (χ2n) is 5.48. The number of benzene rings is 2. The average Bonchev–Trinajstić information content (AvgIpc) is 2.88. The first kappa shape index (κ1) is 14.2. The van der Waals surface area contributed by atoms with E-state index in [1.165, 1.54) is 16.5 Å². The number of hydrogen-bond acceptors (Lipinski definition) is 1. The molecule has 0 aliphatic rings. The number of halogens is 1. The van der Waals surface area contributed by atoms with Crippen LogP contribution in [0.4, 0.5) is 0 Å². The van der Waals surface area contributed by atoms with Gasteiger partial charge >= 0.3 is 0 Å². The van der Waals surface area contributed by atoms with Gasteiger partial charge < -0.3 is 9.88 Å². The highest BCUT2D eigenvalue weighted by Crippen LogP contribution is 2.22. The molecule has 108 valence electrons. The minimum Gasteiger partial charge on any atom is -0.361 e. The Hall–Kier alpha value is -1.77. The second-order valence-corrected chi connectivity index (χ2v) is 5.91. The Kier molecular flexibility index (Phi) is 4.28. The highest BCUT2D eigenvalue weighted by molar-refractivity contribution is 6.31. The molecule has 0 fully saturated rings. The molecule has 0 saturated heterocycles. The van der Waals surface area contributed by atoms with Gasteiger partial charge in [0.15, 0.2) is 0 Å². The quantitative estimate of drug-likeness (QED) is 0.735. The number of aromatic amines is 1. The zero-order chi connectivity index (χ0) is 14.7. The predicted molar refractivity (Wildman–Crippen MR) is 89.8 cm³/mol. The largest absolute Gasteiger partial charge is 0.361 e. The average molecular weight is 299 g/mol. The number of likely N-dealkylation sites (N-methyl/N-ethyl adjacent to an activating group) is 1. The third-order valence-electron chi connectivity index (χ3n) is 3.79. The maximum atomic E-state index is 6.09. The molecule has 2 aromatic carbocycles. The van der Waals surface area contributed by atoms with E-state index in [-0.39, 0.29) is 0 Å². The van der Waals surface area contributed by atoms with Crippen molar-refractivity contribution in [1.82, 2.24) is 9.88 Å². The molecule has 0 saturated carbocycles. The first-order valence-electron chi connectivity index (χ1n) is 7.20.